The molecule has 1 N–H and O–H groups in total. The first-order valence-corrected chi connectivity index (χ1v) is 7.51. The molecule has 2 aromatic rings. The van der Waals surface area contributed by atoms with Gasteiger partial charge < -0.3 is 15.0 Å². The van der Waals surface area contributed by atoms with E-state index in [1.807, 2.05) is 18.2 Å². The van der Waals surface area contributed by atoms with E-state index in [2.05, 4.69) is 34.5 Å². The average molecular weight is 296 g/mol. The van der Waals surface area contributed by atoms with Crippen molar-refractivity contribution in [2.24, 2.45) is 0 Å². The highest BCUT2D eigenvalue weighted by molar-refractivity contribution is 5.89. The molecule has 22 heavy (non-hydrogen) atoms. The second-order valence-corrected chi connectivity index (χ2v) is 5.48. The Labute approximate surface area is 130 Å². The number of methoxy groups -OCH3 is 1. The summed E-state index contributed by atoms with van der Waals surface area (Å²) in [6.45, 7) is 2.05. The number of carbonyl (C=O) groups excluding carboxylic acids is 1. The molecule has 0 aromatic heterocycles. The maximum atomic E-state index is 11.4. The zero-order chi connectivity index (χ0) is 15.4. The summed E-state index contributed by atoms with van der Waals surface area (Å²) >= 11 is 0. The van der Waals surface area contributed by atoms with Crippen molar-refractivity contribution in [3.63, 3.8) is 0 Å². The van der Waals surface area contributed by atoms with E-state index < -0.39 is 0 Å². The van der Waals surface area contributed by atoms with Crippen molar-refractivity contribution < 1.29 is 9.53 Å². The summed E-state index contributed by atoms with van der Waals surface area (Å²) in [7, 11) is 1.39. The molecule has 0 saturated carbocycles. The van der Waals surface area contributed by atoms with Crippen LogP contribution in [0.5, 0.6) is 0 Å². The molecule has 1 fully saturated rings. The molecule has 1 saturated heterocycles. The van der Waals surface area contributed by atoms with Crippen LogP contribution in [0.25, 0.3) is 0 Å². The summed E-state index contributed by atoms with van der Waals surface area (Å²) in [5, 5.41) is 3.53. The number of esters is 1. The summed E-state index contributed by atoms with van der Waals surface area (Å²) in [6.07, 6.45) is 1.10. The van der Waals surface area contributed by atoms with Gasteiger partial charge in [0, 0.05) is 30.5 Å². The molecule has 4 heteroatoms. The average Bonchev–Trinajstić information content (AvgIpc) is 3.04. The number of nitrogens with one attached hydrogen (secondary N) is 1. The molecule has 0 aliphatic carbocycles. The van der Waals surface area contributed by atoms with Crippen LogP contribution in [0, 0.1) is 0 Å². The number of rotatable bonds is 4. The van der Waals surface area contributed by atoms with Gasteiger partial charge in [0.1, 0.15) is 0 Å². The highest BCUT2D eigenvalue weighted by Crippen LogP contribution is 2.22. The minimum Gasteiger partial charge on any atom is -0.465 e. The molecule has 1 atom stereocenters. The Hall–Kier alpha value is -2.49. The number of ether oxygens (including phenoxy) is 1. The molecule has 0 radical (unpaired) electrons. The van der Waals surface area contributed by atoms with Crippen LogP contribution in [0.3, 0.4) is 0 Å². The van der Waals surface area contributed by atoms with E-state index in [4.69, 9.17) is 4.74 Å². The first kappa shape index (κ1) is 14.4. The van der Waals surface area contributed by atoms with Gasteiger partial charge in [0.25, 0.3) is 0 Å². The van der Waals surface area contributed by atoms with Crippen LogP contribution in [0.2, 0.25) is 0 Å². The minimum atomic E-state index is -0.303. The third-order valence-corrected chi connectivity index (χ3v) is 3.99. The predicted molar refractivity (Wildman–Crippen MR) is 88.5 cm³/mol. The number of benzene rings is 2. The molecule has 0 amide bonds. The quantitative estimate of drug-likeness (QED) is 0.880. The number of hydrogen-bond acceptors (Lipinski definition) is 4. The summed E-state index contributed by atoms with van der Waals surface area (Å²) in [4.78, 5) is 13.8. The van der Waals surface area contributed by atoms with Crippen LogP contribution in [0.1, 0.15) is 16.8 Å². The van der Waals surface area contributed by atoms with Crippen molar-refractivity contribution in [1.82, 2.24) is 0 Å². The lowest BCUT2D eigenvalue weighted by atomic mass is 10.2. The standard InChI is InChI=1S/C18H20N2O2/c1-22-18(21)14-7-9-15(10-8-14)19-16-11-12-20(13-16)17-5-3-2-4-6-17/h2-10,16,19H,11-13H2,1H3. The van der Waals surface area contributed by atoms with Crippen molar-refractivity contribution >= 4 is 17.3 Å². The molecular formula is C18H20N2O2. The minimum absolute atomic E-state index is 0.303. The topological polar surface area (TPSA) is 41.6 Å². The predicted octanol–water partition coefficient (Wildman–Crippen LogP) is 3.16. The monoisotopic (exact) mass is 296 g/mol. The van der Waals surface area contributed by atoms with E-state index in [1.54, 1.807) is 12.1 Å². The summed E-state index contributed by atoms with van der Waals surface area (Å²) in [5.74, 6) is -0.303. The molecule has 0 bridgehead atoms. The fourth-order valence-electron chi connectivity index (χ4n) is 2.81. The lowest BCUT2D eigenvalue weighted by molar-refractivity contribution is 0.0601. The van der Waals surface area contributed by atoms with Crippen molar-refractivity contribution in [3.05, 3.63) is 60.2 Å². The van der Waals surface area contributed by atoms with E-state index in [-0.39, 0.29) is 5.97 Å². The maximum Gasteiger partial charge on any atom is 0.337 e. The molecule has 0 spiro atoms. The highest BCUT2D eigenvalue weighted by Gasteiger charge is 2.22. The molecule has 4 nitrogen and oxygen atoms in total. The lowest BCUT2D eigenvalue weighted by Gasteiger charge is -2.19. The van der Waals surface area contributed by atoms with Gasteiger partial charge in [0.2, 0.25) is 0 Å². The van der Waals surface area contributed by atoms with Crippen molar-refractivity contribution in [2.45, 2.75) is 12.5 Å². The van der Waals surface area contributed by atoms with Crippen molar-refractivity contribution in [3.8, 4) is 0 Å². The van der Waals surface area contributed by atoms with Crippen LogP contribution >= 0.6 is 0 Å². The molecular weight excluding hydrogens is 276 g/mol. The van der Waals surface area contributed by atoms with E-state index in [9.17, 15) is 4.79 Å². The van der Waals surface area contributed by atoms with Gasteiger partial charge in [0.05, 0.1) is 12.7 Å². The van der Waals surface area contributed by atoms with E-state index in [0.717, 1.165) is 25.2 Å². The number of hydrogen-bond donors (Lipinski definition) is 1. The third-order valence-electron chi connectivity index (χ3n) is 3.99. The van der Waals surface area contributed by atoms with Crippen molar-refractivity contribution in [2.75, 3.05) is 30.4 Å². The van der Waals surface area contributed by atoms with Gasteiger partial charge in [-0.1, -0.05) is 18.2 Å². The Morgan fingerprint density at radius 3 is 2.55 bits per heavy atom. The Morgan fingerprint density at radius 2 is 1.86 bits per heavy atom. The lowest BCUT2D eigenvalue weighted by Crippen LogP contribution is -2.25. The highest BCUT2D eigenvalue weighted by atomic mass is 16.5. The summed E-state index contributed by atoms with van der Waals surface area (Å²) < 4.78 is 4.71. The number of para-hydroxylation sites is 1. The molecule has 2 aromatic carbocycles. The molecule has 1 heterocycles. The SMILES string of the molecule is COC(=O)c1ccc(NC2CCN(c3ccccc3)C2)cc1. The van der Waals surface area contributed by atoms with Crippen LogP contribution in [-0.2, 0) is 4.74 Å². The fourth-order valence-corrected chi connectivity index (χ4v) is 2.81. The Balaban J connectivity index is 1.59. The zero-order valence-electron chi connectivity index (χ0n) is 12.7. The Morgan fingerprint density at radius 1 is 1.14 bits per heavy atom. The second kappa shape index (κ2) is 6.52. The molecule has 114 valence electrons. The van der Waals surface area contributed by atoms with Crippen LogP contribution < -0.4 is 10.2 Å². The van der Waals surface area contributed by atoms with Gasteiger partial charge >= 0.3 is 5.97 Å². The van der Waals surface area contributed by atoms with Gasteiger partial charge in [-0.3, -0.25) is 0 Å². The summed E-state index contributed by atoms with van der Waals surface area (Å²) in [6, 6.07) is 18.3. The maximum absolute atomic E-state index is 11.4. The van der Waals surface area contributed by atoms with E-state index >= 15 is 0 Å². The van der Waals surface area contributed by atoms with E-state index in [1.165, 1.54) is 12.8 Å². The third kappa shape index (κ3) is 3.22. The fraction of sp³-hybridized carbons (Fsp3) is 0.278. The first-order valence-electron chi connectivity index (χ1n) is 7.51. The second-order valence-electron chi connectivity index (χ2n) is 5.48. The largest absolute Gasteiger partial charge is 0.465 e. The van der Waals surface area contributed by atoms with Gasteiger partial charge in [-0.15, -0.1) is 0 Å². The molecule has 1 aliphatic rings. The Kier molecular flexibility index (Phi) is 4.28. The van der Waals surface area contributed by atoms with Gasteiger partial charge in [-0.05, 0) is 42.8 Å². The number of nitrogens with zero attached hydrogens (tertiary/aromatic N) is 1. The van der Waals surface area contributed by atoms with Crippen LogP contribution in [0.15, 0.2) is 54.6 Å². The zero-order valence-corrected chi connectivity index (χ0v) is 12.7. The molecule has 1 unspecified atom stereocenters. The van der Waals surface area contributed by atoms with Gasteiger partial charge in [-0.2, -0.15) is 0 Å². The van der Waals surface area contributed by atoms with Gasteiger partial charge in [-0.25, -0.2) is 4.79 Å². The summed E-state index contributed by atoms with van der Waals surface area (Å²) in [5.41, 5.74) is 2.88. The van der Waals surface area contributed by atoms with Crippen LogP contribution in [-0.4, -0.2) is 32.2 Å². The van der Waals surface area contributed by atoms with Gasteiger partial charge in [0.15, 0.2) is 0 Å². The Bertz CT molecular complexity index is 625. The first-order chi connectivity index (χ1) is 10.8. The molecule has 1 aliphatic heterocycles. The van der Waals surface area contributed by atoms with Crippen molar-refractivity contribution in [1.29, 1.82) is 0 Å². The number of anilines is 2. The van der Waals surface area contributed by atoms with Crippen LogP contribution in [0.4, 0.5) is 11.4 Å². The smallest absolute Gasteiger partial charge is 0.337 e. The number of carbonyl (C=O) groups is 1. The normalized spacial score (nSPS) is 17.3. The van der Waals surface area contributed by atoms with E-state index in [0.29, 0.717) is 11.6 Å². The molecule has 3 rings (SSSR count).